The van der Waals surface area contributed by atoms with Gasteiger partial charge < -0.3 is 14.8 Å². The highest BCUT2D eigenvalue weighted by Gasteiger charge is 2.09. The summed E-state index contributed by atoms with van der Waals surface area (Å²) in [5.74, 6) is -0.200. The number of esters is 1. The molecule has 1 aromatic rings. The topological polar surface area (TPSA) is 73.3 Å². The molecule has 0 radical (unpaired) electrons. The fourth-order valence-electron chi connectivity index (χ4n) is 1.02. The molecule has 0 saturated carbocycles. The first-order chi connectivity index (χ1) is 7.77. The second-order valence-corrected chi connectivity index (χ2v) is 2.91. The molecule has 0 bridgehead atoms. The predicted octanol–water partition coefficient (Wildman–Crippen LogP) is 0.251. The number of likely N-dealkylation sites (N-methyl/N-ethyl adjacent to an activating group) is 1. The summed E-state index contributed by atoms with van der Waals surface area (Å²) in [5, 5.41) is 3.11. The third kappa shape index (κ3) is 3.82. The van der Waals surface area contributed by atoms with Gasteiger partial charge in [0.15, 0.2) is 0 Å². The van der Waals surface area contributed by atoms with E-state index in [0.717, 1.165) is 13.1 Å². The van der Waals surface area contributed by atoms with Crippen LogP contribution >= 0.6 is 0 Å². The zero-order chi connectivity index (χ0) is 11.8. The first-order valence-electron chi connectivity index (χ1n) is 5.02. The Morgan fingerprint density at radius 2 is 2.38 bits per heavy atom. The summed E-state index contributed by atoms with van der Waals surface area (Å²) in [5.41, 5.74) is 0. The number of nitrogens with one attached hydrogen (secondary N) is 1. The Balaban J connectivity index is 2.50. The molecular formula is C10H15N3O3. The fourth-order valence-corrected chi connectivity index (χ4v) is 1.02. The normalized spacial score (nSPS) is 9.88. The molecule has 0 aliphatic heterocycles. The van der Waals surface area contributed by atoms with Crippen LogP contribution in [-0.2, 0) is 4.74 Å². The Hall–Kier alpha value is -1.69. The summed E-state index contributed by atoms with van der Waals surface area (Å²) in [7, 11) is 1.28. The summed E-state index contributed by atoms with van der Waals surface area (Å²) < 4.78 is 9.82. The third-order valence-electron chi connectivity index (χ3n) is 1.78. The SMILES string of the molecule is CCNCCOc1ccnc(C(=O)OC)n1. The molecule has 1 aromatic heterocycles. The summed E-state index contributed by atoms with van der Waals surface area (Å²) in [6.45, 7) is 4.13. The van der Waals surface area contributed by atoms with E-state index in [-0.39, 0.29) is 5.82 Å². The second-order valence-electron chi connectivity index (χ2n) is 2.91. The minimum Gasteiger partial charge on any atom is -0.476 e. The molecule has 0 spiro atoms. The number of hydrogen-bond acceptors (Lipinski definition) is 6. The predicted molar refractivity (Wildman–Crippen MR) is 57.4 cm³/mol. The van der Waals surface area contributed by atoms with Crippen molar-refractivity contribution in [1.82, 2.24) is 15.3 Å². The lowest BCUT2D eigenvalue weighted by molar-refractivity contribution is 0.0585. The molecule has 16 heavy (non-hydrogen) atoms. The molecule has 1 rings (SSSR count). The molecule has 0 unspecified atom stereocenters. The molecule has 0 fully saturated rings. The van der Waals surface area contributed by atoms with Crippen LogP contribution < -0.4 is 10.1 Å². The lowest BCUT2D eigenvalue weighted by atomic mass is 10.5. The van der Waals surface area contributed by atoms with Crippen molar-refractivity contribution in [3.63, 3.8) is 0 Å². The highest BCUT2D eigenvalue weighted by molar-refractivity contribution is 5.84. The number of methoxy groups -OCH3 is 1. The minimum atomic E-state index is -0.572. The number of carbonyl (C=O) groups is 1. The Bertz CT molecular complexity index is 344. The van der Waals surface area contributed by atoms with Crippen molar-refractivity contribution in [2.45, 2.75) is 6.92 Å². The van der Waals surface area contributed by atoms with E-state index in [9.17, 15) is 4.79 Å². The van der Waals surface area contributed by atoms with Gasteiger partial charge in [0, 0.05) is 18.8 Å². The van der Waals surface area contributed by atoms with Gasteiger partial charge in [-0.25, -0.2) is 9.78 Å². The third-order valence-corrected chi connectivity index (χ3v) is 1.78. The average molecular weight is 225 g/mol. The Labute approximate surface area is 94.0 Å². The first-order valence-corrected chi connectivity index (χ1v) is 5.02. The van der Waals surface area contributed by atoms with Gasteiger partial charge >= 0.3 is 5.97 Å². The molecular weight excluding hydrogens is 210 g/mol. The van der Waals surface area contributed by atoms with Gasteiger partial charge in [0.05, 0.1) is 7.11 Å². The monoisotopic (exact) mass is 225 g/mol. The summed E-state index contributed by atoms with van der Waals surface area (Å²) >= 11 is 0. The van der Waals surface area contributed by atoms with E-state index < -0.39 is 5.97 Å². The van der Waals surface area contributed by atoms with Crippen molar-refractivity contribution >= 4 is 5.97 Å². The van der Waals surface area contributed by atoms with Gasteiger partial charge in [-0.05, 0) is 6.54 Å². The standard InChI is InChI=1S/C10H15N3O3/c1-3-11-6-7-16-8-4-5-12-9(13-8)10(14)15-2/h4-5,11H,3,6-7H2,1-2H3. The zero-order valence-electron chi connectivity index (χ0n) is 9.40. The van der Waals surface area contributed by atoms with E-state index in [0.29, 0.717) is 12.5 Å². The maximum atomic E-state index is 11.1. The van der Waals surface area contributed by atoms with Crippen LogP contribution in [0, 0.1) is 0 Å². The average Bonchev–Trinajstić information content (AvgIpc) is 2.34. The quantitative estimate of drug-likeness (QED) is 0.552. The van der Waals surface area contributed by atoms with Crippen LogP contribution in [0.15, 0.2) is 12.3 Å². The van der Waals surface area contributed by atoms with Gasteiger partial charge in [-0.1, -0.05) is 6.92 Å². The number of rotatable bonds is 6. The Morgan fingerprint density at radius 3 is 3.06 bits per heavy atom. The van der Waals surface area contributed by atoms with E-state index in [4.69, 9.17) is 4.74 Å². The molecule has 0 aromatic carbocycles. The molecule has 0 aliphatic rings. The Morgan fingerprint density at radius 1 is 1.56 bits per heavy atom. The van der Waals surface area contributed by atoms with E-state index in [1.54, 1.807) is 6.07 Å². The van der Waals surface area contributed by atoms with Crippen LogP contribution in [-0.4, -0.2) is 42.7 Å². The molecule has 0 saturated heterocycles. The lowest BCUT2D eigenvalue weighted by Gasteiger charge is -2.05. The summed E-state index contributed by atoms with van der Waals surface area (Å²) in [6.07, 6.45) is 1.46. The van der Waals surface area contributed by atoms with Crippen molar-refractivity contribution in [2.24, 2.45) is 0 Å². The number of hydrogen-bond donors (Lipinski definition) is 1. The Kier molecular flexibility index (Phi) is 5.21. The molecule has 1 heterocycles. The molecule has 6 heteroatoms. The van der Waals surface area contributed by atoms with Crippen molar-refractivity contribution in [1.29, 1.82) is 0 Å². The number of nitrogens with zero attached hydrogens (tertiary/aromatic N) is 2. The van der Waals surface area contributed by atoms with Gasteiger partial charge in [-0.15, -0.1) is 0 Å². The van der Waals surface area contributed by atoms with Crippen molar-refractivity contribution in [3.8, 4) is 5.88 Å². The largest absolute Gasteiger partial charge is 0.476 e. The van der Waals surface area contributed by atoms with Gasteiger partial charge in [0.25, 0.3) is 0 Å². The second kappa shape index (κ2) is 6.73. The fraction of sp³-hybridized carbons (Fsp3) is 0.500. The molecule has 6 nitrogen and oxygen atoms in total. The van der Waals surface area contributed by atoms with Gasteiger partial charge in [0.1, 0.15) is 6.61 Å². The van der Waals surface area contributed by atoms with Crippen LogP contribution in [0.2, 0.25) is 0 Å². The maximum Gasteiger partial charge on any atom is 0.376 e. The highest BCUT2D eigenvalue weighted by atomic mass is 16.5. The zero-order valence-corrected chi connectivity index (χ0v) is 9.40. The van der Waals surface area contributed by atoms with Crippen molar-refractivity contribution in [3.05, 3.63) is 18.1 Å². The highest BCUT2D eigenvalue weighted by Crippen LogP contribution is 2.05. The van der Waals surface area contributed by atoms with Crippen LogP contribution in [0.1, 0.15) is 17.5 Å². The van der Waals surface area contributed by atoms with Gasteiger partial charge in [-0.3, -0.25) is 0 Å². The molecule has 0 aliphatic carbocycles. The van der Waals surface area contributed by atoms with Crippen LogP contribution in [0.3, 0.4) is 0 Å². The van der Waals surface area contributed by atoms with Crippen molar-refractivity contribution in [2.75, 3.05) is 26.8 Å². The summed E-state index contributed by atoms with van der Waals surface area (Å²) in [6, 6.07) is 1.60. The smallest absolute Gasteiger partial charge is 0.376 e. The van der Waals surface area contributed by atoms with Crippen LogP contribution in [0.25, 0.3) is 0 Å². The molecule has 0 atom stereocenters. The number of carbonyl (C=O) groups excluding carboxylic acids is 1. The van der Waals surface area contributed by atoms with Gasteiger partial charge in [-0.2, -0.15) is 4.98 Å². The van der Waals surface area contributed by atoms with Gasteiger partial charge in [0.2, 0.25) is 11.7 Å². The summed E-state index contributed by atoms with van der Waals surface area (Å²) in [4.78, 5) is 18.8. The molecule has 0 amide bonds. The van der Waals surface area contributed by atoms with E-state index in [2.05, 4.69) is 20.0 Å². The molecule has 1 N–H and O–H groups in total. The maximum absolute atomic E-state index is 11.1. The molecule has 88 valence electrons. The number of ether oxygens (including phenoxy) is 2. The first kappa shape index (κ1) is 12.4. The minimum absolute atomic E-state index is 0.00320. The van der Waals surface area contributed by atoms with E-state index in [1.165, 1.54) is 13.3 Å². The lowest BCUT2D eigenvalue weighted by Crippen LogP contribution is -2.20. The van der Waals surface area contributed by atoms with E-state index in [1.807, 2.05) is 6.92 Å². The van der Waals surface area contributed by atoms with E-state index >= 15 is 0 Å². The van der Waals surface area contributed by atoms with Crippen LogP contribution in [0.4, 0.5) is 0 Å². The number of aromatic nitrogens is 2. The van der Waals surface area contributed by atoms with Crippen molar-refractivity contribution < 1.29 is 14.3 Å². The van der Waals surface area contributed by atoms with Crippen LogP contribution in [0.5, 0.6) is 5.88 Å².